The van der Waals surface area contributed by atoms with Crippen molar-refractivity contribution in [3.63, 3.8) is 0 Å². The Balaban J connectivity index is 2.11. The average Bonchev–Trinajstić information content (AvgIpc) is 2.86. The highest BCUT2D eigenvalue weighted by molar-refractivity contribution is 9.10. The molecule has 2 aromatic rings. The van der Waals surface area contributed by atoms with Crippen LogP contribution in [0.25, 0.3) is 0 Å². The van der Waals surface area contributed by atoms with Crippen molar-refractivity contribution in [2.45, 2.75) is 5.92 Å². The van der Waals surface area contributed by atoms with Crippen LogP contribution in [0.4, 0.5) is 5.69 Å². The van der Waals surface area contributed by atoms with Crippen LogP contribution in [0.15, 0.2) is 26.9 Å². The van der Waals surface area contributed by atoms with E-state index in [1.165, 1.54) is 11.3 Å². The second-order valence-corrected chi connectivity index (χ2v) is 5.26. The maximum atomic E-state index is 5.39. The number of anilines is 1. The fraction of sp³-hybridized carbons (Fsp3) is 0.300. The van der Waals surface area contributed by atoms with Gasteiger partial charge in [0.05, 0.1) is 11.6 Å². The topological polar surface area (TPSA) is 29.3 Å². The summed E-state index contributed by atoms with van der Waals surface area (Å²) in [6.45, 7) is 0.979. The zero-order valence-electron chi connectivity index (χ0n) is 8.11. The minimum Gasteiger partial charge on any atom is -0.455 e. The molecule has 3 heterocycles. The zero-order chi connectivity index (χ0) is 10.4. The van der Waals surface area contributed by atoms with Gasteiger partial charge in [0, 0.05) is 30.7 Å². The van der Waals surface area contributed by atoms with Gasteiger partial charge in [-0.05, 0) is 15.9 Å². The van der Waals surface area contributed by atoms with Gasteiger partial charge in [-0.25, -0.2) is 4.98 Å². The first-order valence-electron chi connectivity index (χ1n) is 4.65. The minimum absolute atomic E-state index is 0.345. The standard InChI is InChI=1S/C10H9BrN2OS/c1-13-4-6(10-12-2-3-15-10)8-7(13)5-14-9(8)11/h2-3,5-6H,4H2,1H3. The summed E-state index contributed by atoms with van der Waals surface area (Å²) in [5.74, 6) is 0.345. The predicted molar refractivity (Wildman–Crippen MR) is 63.6 cm³/mol. The Hall–Kier alpha value is -0.810. The van der Waals surface area contributed by atoms with Crippen molar-refractivity contribution in [1.82, 2.24) is 4.98 Å². The van der Waals surface area contributed by atoms with Crippen molar-refractivity contribution in [3.05, 3.63) is 33.1 Å². The summed E-state index contributed by atoms with van der Waals surface area (Å²) in [5.41, 5.74) is 2.40. The Labute approximate surface area is 99.9 Å². The molecule has 1 aliphatic heterocycles. The number of halogens is 1. The van der Waals surface area contributed by atoms with E-state index in [2.05, 4.69) is 32.9 Å². The van der Waals surface area contributed by atoms with Gasteiger partial charge in [-0.15, -0.1) is 11.3 Å². The molecule has 5 heteroatoms. The molecule has 0 aromatic carbocycles. The number of thiazole rings is 1. The molecular weight excluding hydrogens is 276 g/mol. The Morgan fingerprint density at radius 1 is 1.67 bits per heavy atom. The minimum atomic E-state index is 0.345. The van der Waals surface area contributed by atoms with Gasteiger partial charge in [-0.2, -0.15) is 0 Å². The zero-order valence-corrected chi connectivity index (χ0v) is 10.5. The molecule has 1 atom stereocenters. The predicted octanol–water partition coefficient (Wildman–Crippen LogP) is 3.08. The number of furan rings is 1. The molecule has 0 fully saturated rings. The molecule has 0 saturated heterocycles. The number of nitrogens with zero attached hydrogens (tertiary/aromatic N) is 2. The lowest BCUT2D eigenvalue weighted by molar-refractivity contribution is 0.530. The highest BCUT2D eigenvalue weighted by Gasteiger charge is 2.33. The highest BCUT2D eigenvalue weighted by Crippen LogP contribution is 2.45. The lowest BCUT2D eigenvalue weighted by atomic mass is 10.1. The third-order valence-electron chi connectivity index (χ3n) is 2.73. The molecule has 3 rings (SSSR count). The first-order chi connectivity index (χ1) is 7.27. The Kier molecular flexibility index (Phi) is 2.10. The third kappa shape index (κ3) is 1.33. The van der Waals surface area contributed by atoms with Gasteiger partial charge in [0.2, 0.25) is 0 Å². The Bertz CT molecular complexity index is 480. The SMILES string of the molecule is CN1CC(c2nccs2)c2c1coc2Br. The van der Waals surface area contributed by atoms with Crippen molar-refractivity contribution in [2.75, 3.05) is 18.5 Å². The van der Waals surface area contributed by atoms with E-state index < -0.39 is 0 Å². The van der Waals surface area contributed by atoms with Gasteiger partial charge in [-0.3, -0.25) is 0 Å². The van der Waals surface area contributed by atoms with Gasteiger partial charge in [0.15, 0.2) is 4.67 Å². The summed E-state index contributed by atoms with van der Waals surface area (Å²) in [5, 5.41) is 3.17. The molecule has 0 aliphatic carbocycles. The fourth-order valence-electron chi connectivity index (χ4n) is 2.02. The molecule has 78 valence electrons. The molecule has 0 amide bonds. The lowest BCUT2D eigenvalue weighted by Gasteiger charge is -2.11. The Morgan fingerprint density at radius 2 is 2.53 bits per heavy atom. The normalized spacial score (nSPS) is 19.6. The van der Waals surface area contributed by atoms with E-state index >= 15 is 0 Å². The molecule has 0 radical (unpaired) electrons. The average molecular weight is 285 g/mol. The number of likely N-dealkylation sites (N-methyl/N-ethyl adjacent to an activating group) is 1. The molecule has 1 aliphatic rings. The first kappa shape index (κ1) is 9.42. The number of hydrogen-bond acceptors (Lipinski definition) is 4. The van der Waals surface area contributed by atoms with Crippen LogP contribution in [-0.4, -0.2) is 18.6 Å². The highest BCUT2D eigenvalue weighted by atomic mass is 79.9. The quantitative estimate of drug-likeness (QED) is 0.806. The van der Waals surface area contributed by atoms with Crippen LogP contribution >= 0.6 is 27.3 Å². The maximum absolute atomic E-state index is 5.39. The molecule has 15 heavy (non-hydrogen) atoms. The summed E-state index contributed by atoms with van der Waals surface area (Å²) >= 11 is 5.15. The largest absolute Gasteiger partial charge is 0.455 e. The second-order valence-electron chi connectivity index (χ2n) is 3.61. The van der Waals surface area contributed by atoms with E-state index in [9.17, 15) is 0 Å². The molecule has 3 nitrogen and oxygen atoms in total. The van der Waals surface area contributed by atoms with Gasteiger partial charge in [0.1, 0.15) is 11.3 Å². The number of hydrogen-bond donors (Lipinski definition) is 0. The smallest absolute Gasteiger partial charge is 0.175 e. The van der Waals surface area contributed by atoms with E-state index in [4.69, 9.17) is 4.42 Å². The molecule has 0 saturated carbocycles. The summed E-state index contributed by atoms with van der Waals surface area (Å²) in [7, 11) is 2.08. The molecule has 0 N–H and O–H groups in total. The van der Waals surface area contributed by atoms with E-state index in [-0.39, 0.29) is 0 Å². The number of aromatic nitrogens is 1. The molecule has 1 unspecified atom stereocenters. The van der Waals surface area contributed by atoms with Crippen LogP contribution < -0.4 is 4.90 Å². The monoisotopic (exact) mass is 284 g/mol. The second kappa shape index (κ2) is 3.35. The van der Waals surface area contributed by atoms with Crippen LogP contribution in [0.3, 0.4) is 0 Å². The Morgan fingerprint density at radius 3 is 3.27 bits per heavy atom. The molecule has 2 aromatic heterocycles. The van der Waals surface area contributed by atoms with E-state index in [1.54, 1.807) is 17.6 Å². The van der Waals surface area contributed by atoms with Gasteiger partial charge < -0.3 is 9.32 Å². The van der Waals surface area contributed by atoms with Gasteiger partial charge in [0.25, 0.3) is 0 Å². The van der Waals surface area contributed by atoms with Crippen LogP contribution in [0.2, 0.25) is 0 Å². The number of rotatable bonds is 1. The van der Waals surface area contributed by atoms with Gasteiger partial charge in [-0.1, -0.05) is 0 Å². The summed E-state index contributed by atoms with van der Waals surface area (Å²) < 4.78 is 6.22. The molecular formula is C10H9BrN2OS. The van der Waals surface area contributed by atoms with Crippen molar-refractivity contribution >= 4 is 33.0 Å². The first-order valence-corrected chi connectivity index (χ1v) is 6.32. The molecule has 0 spiro atoms. The fourth-order valence-corrected chi connectivity index (χ4v) is 3.33. The van der Waals surface area contributed by atoms with Crippen LogP contribution in [0, 0.1) is 0 Å². The number of fused-ring (bicyclic) bond motifs is 1. The lowest BCUT2D eigenvalue weighted by Crippen LogP contribution is -2.15. The third-order valence-corrected chi connectivity index (χ3v) is 4.23. The van der Waals surface area contributed by atoms with E-state index in [1.807, 2.05) is 11.6 Å². The van der Waals surface area contributed by atoms with E-state index in [0.717, 1.165) is 16.2 Å². The molecule has 0 bridgehead atoms. The van der Waals surface area contributed by atoms with Crippen molar-refractivity contribution in [2.24, 2.45) is 0 Å². The summed E-state index contributed by atoms with van der Waals surface area (Å²) in [6.07, 6.45) is 3.65. The summed E-state index contributed by atoms with van der Waals surface area (Å²) in [4.78, 5) is 6.59. The van der Waals surface area contributed by atoms with Gasteiger partial charge >= 0.3 is 0 Å². The van der Waals surface area contributed by atoms with Crippen molar-refractivity contribution < 1.29 is 4.42 Å². The van der Waals surface area contributed by atoms with Crippen LogP contribution in [-0.2, 0) is 0 Å². The van der Waals surface area contributed by atoms with E-state index in [0.29, 0.717) is 5.92 Å². The maximum Gasteiger partial charge on any atom is 0.175 e. The van der Waals surface area contributed by atoms with Crippen molar-refractivity contribution in [1.29, 1.82) is 0 Å². The van der Waals surface area contributed by atoms with Crippen LogP contribution in [0.1, 0.15) is 16.5 Å². The van der Waals surface area contributed by atoms with Crippen molar-refractivity contribution in [3.8, 4) is 0 Å². The summed E-state index contributed by atoms with van der Waals surface area (Å²) in [6, 6.07) is 0. The van der Waals surface area contributed by atoms with Crippen LogP contribution in [0.5, 0.6) is 0 Å².